The number of hydrogen-bond acceptors (Lipinski definition) is 13. The molecule has 4 amide bonds. The molecule has 6 aromatic rings. The van der Waals surface area contributed by atoms with Crippen LogP contribution in [-0.2, 0) is 38.9 Å². The minimum absolute atomic E-state index is 0.00143. The zero-order valence-corrected chi connectivity index (χ0v) is 47.4. The van der Waals surface area contributed by atoms with Crippen LogP contribution >= 0.6 is 57.2 Å². The van der Waals surface area contributed by atoms with Crippen LogP contribution in [0.15, 0.2) is 72.8 Å². The van der Waals surface area contributed by atoms with Crippen LogP contribution < -0.4 is 30.2 Å². The van der Waals surface area contributed by atoms with E-state index in [1.165, 1.54) is 39.7 Å². The van der Waals surface area contributed by atoms with Gasteiger partial charge in [0, 0.05) is 114 Å². The van der Waals surface area contributed by atoms with Crippen LogP contribution in [0.3, 0.4) is 0 Å². The van der Waals surface area contributed by atoms with Gasteiger partial charge in [0.1, 0.15) is 32.3 Å². The number of halogens is 2. The third kappa shape index (κ3) is 16.0. The van der Waals surface area contributed by atoms with Crippen molar-refractivity contribution in [3.05, 3.63) is 105 Å². The average Bonchev–Trinajstić information content (AvgIpc) is 4.28. The van der Waals surface area contributed by atoms with E-state index in [2.05, 4.69) is 52.0 Å². The summed E-state index contributed by atoms with van der Waals surface area (Å²) in [5, 5.41) is 12.2. The highest BCUT2D eigenvalue weighted by molar-refractivity contribution is 7.15. The summed E-state index contributed by atoms with van der Waals surface area (Å²) < 4.78 is 17.2. The molecule has 4 aliphatic rings. The smallest absolute Gasteiger partial charge is 0.317 e. The number of benzene rings is 3. The normalized spacial score (nSPS) is 15.8. The van der Waals surface area contributed by atoms with Crippen molar-refractivity contribution in [1.29, 1.82) is 0 Å². The first kappa shape index (κ1) is 56.2. The van der Waals surface area contributed by atoms with E-state index in [0.29, 0.717) is 51.2 Å². The average molecular weight is 1120 g/mol. The Labute approximate surface area is 464 Å². The minimum atomic E-state index is 0.00143. The number of alkyl halides is 2. The summed E-state index contributed by atoms with van der Waals surface area (Å²) >= 11 is 16.4. The molecule has 1 unspecified atom stereocenters. The van der Waals surface area contributed by atoms with E-state index in [-0.39, 0.29) is 12.1 Å². The highest BCUT2D eigenvalue weighted by Gasteiger charge is 2.26. The fraction of sp³-hybridized carbons (Fsp3) is 0.482. The quantitative estimate of drug-likeness (QED) is 0.0561. The highest BCUT2D eigenvalue weighted by Crippen LogP contribution is 2.35. The van der Waals surface area contributed by atoms with E-state index >= 15 is 0 Å². The Bertz CT molecular complexity index is 2700. The number of carbonyl (C=O) groups is 2. The van der Waals surface area contributed by atoms with E-state index < -0.39 is 0 Å². The van der Waals surface area contributed by atoms with Crippen molar-refractivity contribution in [3.63, 3.8) is 0 Å². The zero-order chi connectivity index (χ0) is 52.4. The number of urea groups is 2. The van der Waals surface area contributed by atoms with Crippen LogP contribution in [0.4, 0.5) is 9.59 Å². The maximum absolute atomic E-state index is 12.1. The molecule has 0 bridgehead atoms. The largest absolute Gasteiger partial charge is 0.494 e. The van der Waals surface area contributed by atoms with Gasteiger partial charge in [-0.2, -0.15) is 0 Å². The zero-order valence-electron chi connectivity index (χ0n) is 43.5. The van der Waals surface area contributed by atoms with E-state index in [4.69, 9.17) is 52.4 Å². The molecule has 1 saturated heterocycles. The molecule has 0 aliphatic carbocycles. The summed E-state index contributed by atoms with van der Waals surface area (Å²) in [5.41, 5.74) is 6.85. The van der Waals surface area contributed by atoms with Crippen LogP contribution in [0.1, 0.15) is 84.6 Å². The molecule has 0 spiro atoms. The third-order valence-electron chi connectivity index (χ3n) is 13.2. The fourth-order valence-electron chi connectivity index (χ4n) is 9.11. The van der Waals surface area contributed by atoms with Gasteiger partial charge < -0.3 is 44.9 Å². The minimum Gasteiger partial charge on any atom is -0.494 e. The van der Waals surface area contributed by atoms with Crippen molar-refractivity contribution in [2.24, 2.45) is 0 Å². The Kier molecular flexibility index (Phi) is 21.7. The number of hydrogen-bond donors (Lipinski definition) is 3. The lowest BCUT2D eigenvalue weighted by molar-refractivity contribution is 0.192. The van der Waals surface area contributed by atoms with Crippen LogP contribution in [0.5, 0.6) is 17.2 Å². The number of nitrogens with one attached hydrogen (secondary N) is 3. The Morgan fingerprint density at radius 3 is 1.44 bits per heavy atom. The number of nitrogens with zero attached hydrogens (tertiary/aromatic N) is 6. The van der Waals surface area contributed by atoms with Gasteiger partial charge in [-0.1, -0.05) is 0 Å². The van der Waals surface area contributed by atoms with Crippen molar-refractivity contribution in [1.82, 2.24) is 45.6 Å². The predicted molar refractivity (Wildman–Crippen MR) is 306 cm³/mol. The Morgan fingerprint density at radius 1 is 0.613 bits per heavy atom. The monoisotopic (exact) mass is 1120 g/mol. The molecule has 19 heteroatoms. The Balaban J connectivity index is 0.000000152. The van der Waals surface area contributed by atoms with Gasteiger partial charge in [-0.05, 0) is 132 Å². The van der Waals surface area contributed by atoms with E-state index in [1.807, 2.05) is 72.2 Å². The van der Waals surface area contributed by atoms with E-state index in [1.54, 1.807) is 34.0 Å². The highest BCUT2D eigenvalue weighted by atomic mass is 35.5. The molecule has 75 heavy (non-hydrogen) atoms. The van der Waals surface area contributed by atoms with Crippen molar-refractivity contribution < 1.29 is 23.8 Å². The number of aromatic nitrogens is 3. The van der Waals surface area contributed by atoms with Crippen LogP contribution in [0, 0.1) is 0 Å². The van der Waals surface area contributed by atoms with Gasteiger partial charge in [-0.15, -0.1) is 57.2 Å². The van der Waals surface area contributed by atoms with Gasteiger partial charge in [0.25, 0.3) is 0 Å². The molecule has 10 rings (SSSR count). The van der Waals surface area contributed by atoms with Gasteiger partial charge in [0.15, 0.2) is 0 Å². The van der Waals surface area contributed by atoms with Crippen molar-refractivity contribution in [2.45, 2.75) is 97.8 Å². The van der Waals surface area contributed by atoms with Crippen LogP contribution in [0.2, 0.25) is 0 Å². The van der Waals surface area contributed by atoms with Crippen LogP contribution in [0.25, 0.3) is 31.7 Å². The van der Waals surface area contributed by atoms with Crippen molar-refractivity contribution in [2.75, 3.05) is 77.4 Å². The molecule has 402 valence electrons. The molecular weight excluding hydrogens is 1050 g/mol. The number of rotatable bonds is 18. The van der Waals surface area contributed by atoms with Crippen LogP contribution in [-0.4, -0.2) is 125 Å². The first-order valence-corrected chi connectivity index (χ1v) is 30.0. The number of likely N-dealkylation sites (tertiary alicyclic amines) is 1. The lowest BCUT2D eigenvalue weighted by atomic mass is 10.2. The molecule has 0 saturated carbocycles. The number of amides is 4. The van der Waals surface area contributed by atoms with Gasteiger partial charge in [-0.3, -0.25) is 0 Å². The molecule has 3 aromatic heterocycles. The number of ether oxygens (including phenoxy) is 3. The molecular formula is C56H71Cl2N9O5S3. The lowest BCUT2D eigenvalue weighted by Gasteiger charge is -2.25. The van der Waals surface area contributed by atoms with Crippen molar-refractivity contribution in [3.8, 4) is 49.0 Å². The molecule has 0 radical (unpaired) electrons. The second-order valence-corrected chi connectivity index (χ2v) is 22.7. The molecule has 14 nitrogen and oxygen atoms in total. The number of thiazole rings is 3. The number of carbonyl (C=O) groups excluding carboxylic acids is 2. The summed E-state index contributed by atoms with van der Waals surface area (Å²) in [6, 6.07) is 25.1. The predicted octanol–water partition coefficient (Wildman–Crippen LogP) is 11.5. The standard InChI is InChI=1S/C23H32N4O2S.C18H22ClN3O2S.C15H17ClN2OS/c1-3-24-23(28)27-14-11-20-21(16-27)30-22(25-20)18-7-9-19(10-8-18)29-15-5-13-26-12-4-6-17(26)2;1-2-20-18(23)22-10-8-15-16(12-22)25-17(21-15)13-4-6-14(7-5-13)24-11-3-9-19;16-7-1-9-19-12-4-2-11(3-5-12)15-18-13-6-8-17-10-14(13)20-15/h7-10,17H,3-6,11-16H2,1-2H3,(H,24,28);4-7H,2-3,8-12H2,1H3,(H,20,23);2-5,17H,1,6-10H2. The van der Waals surface area contributed by atoms with Gasteiger partial charge >= 0.3 is 12.1 Å². The maximum Gasteiger partial charge on any atom is 0.317 e. The van der Waals surface area contributed by atoms with Gasteiger partial charge in [0.2, 0.25) is 0 Å². The summed E-state index contributed by atoms with van der Waals surface area (Å²) in [5.74, 6) is 3.89. The van der Waals surface area contributed by atoms with E-state index in [9.17, 15) is 9.59 Å². The summed E-state index contributed by atoms with van der Waals surface area (Å²) in [4.78, 5) is 48.5. The molecule has 3 aromatic carbocycles. The molecule has 4 aliphatic heterocycles. The van der Waals surface area contributed by atoms with Gasteiger partial charge in [-0.25, -0.2) is 24.5 Å². The van der Waals surface area contributed by atoms with E-state index in [0.717, 1.165) is 144 Å². The second kappa shape index (κ2) is 28.9. The molecule has 1 atom stereocenters. The lowest BCUT2D eigenvalue weighted by Crippen LogP contribution is -2.42. The SMILES string of the molecule is CCNC(=O)N1CCc2nc(-c3ccc(OCCCCl)cc3)sc2C1.CCNC(=O)N1CCc2nc(-c3ccc(OCCCN4CCCC4C)cc3)sc2C1.ClCCCOc1ccc(-c2nc3c(s2)CNCC3)cc1. The molecule has 3 N–H and O–H groups in total. The Morgan fingerprint density at radius 2 is 1.04 bits per heavy atom. The third-order valence-corrected chi connectivity index (χ3v) is 17.2. The summed E-state index contributed by atoms with van der Waals surface area (Å²) in [6.45, 7) is 16.6. The maximum atomic E-state index is 12.1. The fourth-order valence-corrected chi connectivity index (χ4v) is 12.7. The summed E-state index contributed by atoms with van der Waals surface area (Å²) in [7, 11) is 0. The first-order valence-electron chi connectivity index (χ1n) is 26.5. The number of fused-ring (bicyclic) bond motifs is 3. The Hall–Kier alpha value is -5.01. The molecule has 1 fully saturated rings. The molecule has 7 heterocycles. The summed E-state index contributed by atoms with van der Waals surface area (Å²) in [6.07, 6.45) is 8.08. The van der Waals surface area contributed by atoms with Gasteiger partial charge in [0.05, 0.1) is 50.0 Å². The van der Waals surface area contributed by atoms with Crippen molar-refractivity contribution >= 4 is 69.3 Å². The first-order chi connectivity index (χ1) is 36.7. The topological polar surface area (TPSA) is 146 Å². The second-order valence-electron chi connectivity index (χ2n) is 18.7.